The normalized spacial score (nSPS) is 19.1. The number of benzene rings is 2. The van der Waals surface area contributed by atoms with E-state index in [9.17, 15) is 35.9 Å². The molecule has 1 heterocycles. The lowest BCUT2D eigenvalue weighted by molar-refractivity contribution is -0.143. The minimum atomic E-state index is -4.96. The summed E-state index contributed by atoms with van der Waals surface area (Å²) in [5, 5.41) is 0. The molecule has 0 saturated carbocycles. The molecule has 3 rings (SSSR count). The van der Waals surface area contributed by atoms with Crippen molar-refractivity contribution in [2.24, 2.45) is 5.92 Å². The van der Waals surface area contributed by atoms with Crippen molar-refractivity contribution >= 4 is 11.8 Å². The van der Waals surface area contributed by atoms with E-state index in [0.717, 1.165) is 10.5 Å². The molecule has 2 aromatic carbocycles. The second-order valence-corrected chi connectivity index (χ2v) is 8.49. The van der Waals surface area contributed by atoms with Gasteiger partial charge in [-0.3, -0.25) is 9.59 Å². The van der Waals surface area contributed by atoms with Crippen LogP contribution in [0.15, 0.2) is 48.5 Å². The number of amides is 2. The number of likely N-dealkylation sites (tertiary alicyclic amines) is 1. The van der Waals surface area contributed by atoms with Crippen molar-refractivity contribution in [3.63, 3.8) is 0 Å². The van der Waals surface area contributed by atoms with Gasteiger partial charge in [-0.1, -0.05) is 30.3 Å². The van der Waals surface area contributed by atoms with Crippen molar-refractivity contribution in [3.05, 3.63) is 70.8 Å². The van der Waals surface area contributed by atoms with Crippen LogP contribution in [0.5, 0.6) is 0 Å². The molecule has 1 aliphatic heterocycles. The second kappa shape index (κ2) is 9.68. The van der Waals surface area contributed by atoms with Gasteiger partial charge in [-0.25, -0.2) is 0 Å². The summed E-state index contributed by atoms with van der Waals surface area (Å²) in [5.74, 6) is -1.45. The van der Waals surface area contributed by atoms with E-state index >= 15 is 0 Å². The van der Waals surface area contributed by atoms with E-state index in [4.69, 9.17) is 0 Å². The third-order valence-corrected chi connectivity index (χ3v) is 6.05. The maximum atomic E-state index is 13.3. The number of nitrogens with zero attached hydrogens (tertiary/aromatic N) is 2. The molecule has 1 aliphatic rings. The molecule has 2 amide bonds. The third kappa shape index (κ3) is 5.90. The first-order chi connectivity index (χ1) is 15.8. The van der Waals surface area contributed by atoms with Crippen molar-refractivity contribution in [3.8, 4) is 0 Å². The molecule has 2 atom stereocenters. The standard InChI is InChI=1S/C24H24F6N2O2/c1-15(33)32-9-8-20(21(14-32)17-6-4-3-5-7-17)22(34)31(2)13-16-10-18(23(25,26)27)12-19(11-16)24(28,29)30/h3-7,10-12,20-21H,8-9,13-14H2,1-2H3/t20-,21+/m1/s1. The number of rotatable bonds is 4. The monoisotopic (exact) mass is 486 g/mol. The fourth-order valence-electron chi connectivity index (χ4n) is 4.32. The Hall–Kier alpha value is -3.04. The van der Waals surface area contributed by atoms with Gasteiger partial charge in [-0.2, -0.15) is 26.3 Å². The van der Waals surface area contributed by atoms with E-state index in [0.29, 0.717) is 31.6 Å². The first-order valence-corrected chi connectivity index (χ1v) is 10.6. The van der Waals surface area contributed by atoms with Crippen LogP contribution >= 0.6 is 0 Å². The maximum absolute atomic E-state index is 13.3. The van der Waals surface area contributed by atoms with Crippen LogP contribution in [-0.2, 0) is 28.5 Å². The van der Waals surface area contributed by atoms with Crippen LogP contribution < -0.4 is 0 Å². The molecule has 184 valence electrons. The summed E-state index contributed by atoms with van der Waals surface area (Å²) < 4.78 is 79.1. The summed E-state index contributed by atoms with van der Waals surface area (Å²) in [6.45, 7) is 1.65. The Morgan fingerprint density at radius 3 is 2.03 bits per heavy atom. The smallest absolute Gasteiger partial charge is 0.342 e. The minimum absolute atomic E-state index is 0.0637. The topological polar surface area (TPSA) is 40.6 Å². The maximum Gasteiger partial charge on any atom is 0.416 e. The van der Waals surface area contributed by atoms with E-state index < -0.39 is 41.8 Å². The van der Waals surface area contributed by atoms with Gasteiger partial charge in [0.2, 0.25) is 11.8 Å². The molecule has 0 radical (unpaired) electrons. The summed E-state index contributed by atoms with van der Waals surface area (Å²) >= 11 is 0. The zero-order valence-corrected chi connectivity index (χ0v) is 18.6. The molecule has 0 bridgehead atoms. The van der Waals surface area contributed by atoms with Gasteiger partial charge < -0.3 is 9.80 Å². The van der Waals surface area contributed by atoms with Crippen LogP contribution in [0.1, 0.15) is 41.5 Å². The van der Waals surface area contributed by atoms with Crippen LogP contribution in [0.4, 0.5) is 26.3 Å². The predicted molar refractivity (Wildman–Crippen MR) is 112 cm³/mol. The average molecular weight is 486 g/mol. The largest absolute Gasteiger partial charge is 0.416 e. The molecule has 0 unspecified atom stereocenters. The van der Waals surface area contributed by atoms with Crippen molar-refractivity contribution < 1.29 is 35.9 Å². The van der Waals surface area contributed by atoms with E-state index in [-0.39, 0.29) is 23.5 Å². The first-order valence-electron chi connectivity index (χ1n) is 10.6. The number of hydrogen-bond donors (Lipinski definition) is 0. The third-order valence-electron chi connectivity index (χ3n) is 6.05. The van der Waals surface area contributed by atoms with Gasteiger partial charge in [0.1, 0.15) is 0 Å². The van der Waals surface area contributed by atoms with Crippen LogP contribution in [0.2, 0.25) is 0 Å². The molecular weight excluding hydrogens is 462 g/mol. The highest BCUT2D eigenvalue weighted by atomic mass is 19.4. The number of halogens is 6. The fourth-order valence-corrected chi connectivity index (χ4v) is 4.32. The molecule has 1 saturated heterocycles. The van der Waals surface area contributed by atoms with Crippen molar-refractivity contribution in [1.82, 2.24) is 9.80 Å². The highest BCUT2D eigenvalue weighted by Crippen LogP contribution is 2.37. The summed E-state index contributed by atoms with van der Waals surface area (Å²) in [7, 11) is 1.36. The Bertz CT molecular complexity index is 1000. The predicted octanol–water partition coefficient (Wildman–Crippen LogP) is 5.33. The van der Waals surface area contributed by atoms with Gasteiger partial charge in [-0.05, 0) is 35.7 Å². The molecule has 0 spiro atoms. The highest BCUT2D eigenvalue weighted by Gasteiger charge is 2.39. The summed E-state index contributed by atoms with van der Waals surface area (Å²) in [5.41, 5.74) is -2.28. The molecule has 1 fully saturated rings. The summed E-state index contributed by atoms with van der Waals surface area (Å²) in [4.78, 5) is 28.0. The van der Waals surface area contributed by atoms with Crippen LogP contribution in [-0.4, -0.2) is 41.8 Å². The Labute approximate surface area is 193 Å². The van der Waals surface area contributed by atoms with Crippen molar-refractivity contribution in [2.75, 3.05) is 20.1 Å². The number of carbonyl (C=O) groups is 2. The molecule has 4 nitrogen and oxygen atoms in total. The number of alkyl halides is 6. The zero-order chi connectivity index (χ0) is 25.3. The summed E-state index contributed by atoms with van der Waals surface area (Å²) in [6.07, 6.45) is -9.59. The Morgan fingerprint density at radius 2 is 1.53 bits per heavy atom. The van der Waals surface area contributed by atoms with Gasteiger partial charge in [0, 0.05) is 45.4 Å². The van der Waals surface area contributed by atoms with Crippen molar-refractivity contribution in [2.45, 2.75) is 38.2 Å². The van der Waals surface area contributed by atoms with Crippen LogP contribution in [0, 0.1) is 5.92 Å². The quantitative estimate of drug-likeness (QED) is 0.548. The van der Waals surface area contributed by atoms with Gasteiger partial charge in [0.05, 0.1) is 11.1 Å². The van der Waals surface area contributed by atoms with Gasteiger partial charge in [-0.15, -0.1) is 0 Å². The van der Waals surface area contributed by atoms with E-state index in [2.05, 4.69) is 0 Å². The Kier molecular flexibility index (Phi) is 7.28. The van der Waals surface area contributed by atoms with Gasteiger partial charge >= 0.3 is 12.4 Å². The molecule has 10 heteroatoms. The van der Waals surface area contributed by atoms with E-state index in [1.54, 1.807) is 17.0 Å². The minimum Gasteiger partial charge on any atom is -0.342 e. The molecule has 0 aromatic heterocycles. The molecule has 34 heavy (non-hydrogen) atoms. The van der Waals surface area contributed by atoms with Crippen molar-refractivity contribution in [1.29, 1.82) is 0 Å². The van der Waals surface area contributed by atoms with Crippen LogP contribution in [0.3, 0.4) is 0 Å². The van der Waals surface area contributed by atoms with Gasteiger partial charge in [0.25, 0.3) is 0 Å². The lowest BCUT2D eigenvalue weighted by Crippen LogP contribution is -2.47. The number of carbonyl (C=O) groups excluding carboxylic acids is 2. The summed E-state index contributed by atoms with van der Waals surface area (Å²) in [6, 6.07) is 10.4. The van der Waals surface area contributed by atoms with Crippen LogP contribution in [0.25, 0.3) is 0 Å². The SMILES string of the molecule is CC(=O)N1CC[C@@H](C(=O)N(C)Cc2cc(C(F)(F)F)cc(C(F)(F)F)c2)[C@H](c2ccccc2)C1. The fraction of sp³-hybridized carbons (Fsp3) is 0.417. The molecule has 0 aliphatic carbocycles. The zero-order valence-electron chi connectivity index (χ0n) is 18.6. The van der Waals surface area contributed by atoms with E-state index in [1.807, 2.05) is 18.2 Å². The second-order valence-electron chi connectivity index (χ2n) is 8.49. The molecule has 2 aromatic rings. The Morgan fingerprint density at radius 1 is 0.971 bits per heavy atom. The highest BCUT2D eigenvalue weighted by molar-refractivity contribution is 5.81. The van der Waals surface area contributed by atoms with E-state index in [1.165, 1.54) is 14.0 Å². The number of hydrogen-bond acceptors (Lipinski definition) is 2. The number of piperidine rings is 1. The Balaban J connectivity index is 1.87. The van der Waals surface area contributed by atoms with Gasteiger partial charge in [0.15, 0.2) is 0 Å². The average Bonchev–Trinajstić information content (AvgIpc) is 2.77. The lowest BCUT2D eigenvalue weighted by Gasteiger charge is -2.39. The molecule has 0 N–H and O–H groups in total. The first kappa shape index (κ1) is 25.6. The molecular formula is C24H24F6N2O2. The lowest BCUT2D eigenvalue weighted by atomic mass is 9.79.